The highest BCUT2D eigenvalue weighted by molar-refractivity contribution is 5.89. The Hall–Kier alpha value is -3.43. The smallest absolute Gasteiger partial charge is 0.431 e. The minimum atomic E-state index is -0.684. The van der Waals surface area contributed by atoms with E-state index < -0.39 is 18.1 Å². The van der Waals surface area contributed by atoms with Crippen molar-refractivity contribution in [1.82, 2.24) is 0 Å². The lowest BCUT2D eigenvalue weighted by atomic mass is 9.95. The monoisotopic (exact) mass is 554 g/mol. The van der Waals surface area contributed by atoms with Crippen LogP contribution in [0.25, 0.3) is 0 Å². The maximum absolute atomic E-state index is 12.4. The molecule has 0 aliphatic heterocycles. The Bertz CT molecular complexity index is 1060. The molecule has 0 unspecified atom stereocenters. The summed E-state index contributed by atoms with van der Waals surface area (Å²) in [5, 5.41) is 0. The number of hydrogen-bond donors (Lipinski definition) is 0. The average Bonchev–Trinajstić information content (AvgIpc) is 2.91. The van der Waals surface area contributed by atoms with Crippen LogP contribution in [0.2, 0.25) is 0 Å². The Balaban J connectivity index is 1.09. The summed E-state index contributed by atoms with van der Waals surface area (Å²) in [5.41, 5.74) is 4.83. The molecule has 0 atom stereocenters. The van der Waals surface area contributed by atoms with Crippen LogP contribution in [0.4, 0.5) is 4.79 Å². The van der Waals surface area contributed by atoms with Gasteiger partial charge in [-0.05, 0) is 103 Å². The number of aryl methyl sites for hydroxylation is 4. The SMILES string of the molecule is Cc1cc(C)cc(C(=O)OOC2CCC(OC(=O)OC3CCC(OOC(=O)c4cc(C)cc(C)c4)CC3)CC2)c1. The van der Waals surface area contributed by atoms with Crippen LogP contribution in [-0.4, -0.2) is 42.5 Å². The average molecular weight is 555 g/mol. The number of carbonyl (C=O) groups excluding carboxylic acids is 3. The fourth-order valence-electron chi connectivity index (χ4n) is 5.30. The van der Waals surface area contributed by atoms with Crippen molar-refractivity contribution >= 4 is 18.1 Å². The van der Waals surface area contributed by atoms with Crippen molar-refractivity contribution in [2.75, 3.05) is 0 Å². The summed E-state index contributed by atoms with van der Waals surface area (Å²) in [4.78, 5) is 57.8. The predicted molar refractivity (Wildman–Crippen MR) is 144 cm³/mol. The molecule has 4 rings (SSSR count). The third kappa shape index (κ3) is 8.79. The quantitative estimate of drug-likeness (QED) is 0.203. The molecule has 2 saturated carbocycles. The molecule has 0 bridgehead atoms. The van der Waals surface area contributed by atoms with Gasteiger partial charge in [-0.1, -0.05) is 34.4 Å². The van der Waals surface area contributed by atoms with Gasteiger partial charge in [0.25, 0.3) is 0 Å². The molecule has 0 heterocycles. The maximum Gasteiger partial charge on any atom is 0.508 e. The zero-order valence-electron chi connectivity index (χ0n) is 23.6. The van der Waals surface area contributed by atoms with Crippen LogP contribution in [-0.2, 0) is 29.0 Å². The van der Waals surface area contributed by atoms with E-state index in [1.807, 2.05) is 39.8 Å². The van der Waals surface area contributed by atoms with E-state index in [1.54, 1.807) is 24.3 Å². The van der Waals surface area contributed by atoms with Crippen molar-refractivity contribution in [3.63, 3.8) is 0 Å². The van der Waals surface area contributed by atoms with Crippen molar-refractivity contribution < 1.29 is 43.4 Å². The molecule has 2 fully saturated rings. The zero-order valence-corrected chi connectivity index (χ0v) is 23.6. The number of rotatable bonds is 8. The second kappa shape index (κ2) is 13.8. The molecule has 0 spiro atoms. The number of benzene rings is 2. The van der Waals surface area contributed by atoms with Crippen molar-refractivity contribution in [1.29, 1.82) is 0 Å². The van der Waals surface area contributed by atoms with Crippen molar-refractivity contribution in [2.45, 2.75) is 103 Å². The van der Waals surface area contributed by atoms with Crippen molar-refractivity contribution in [3.8, 4) is 0 Å². The van der Waals surface area contributed by atoms with E-state index in [4.69, 9.17) is 29.0 Å². The number of hydrogen-bond acceptors (Lipinski definition) is 9. The highest BCUT2D eigenvalue weighted by Gasteiger charge is 2.30. The first kappa shape index (κ1) is 29.6. The van der Waals surface area contributed by atoms with Crippen molar-refractivity contribution in [3.05, 3.63) is 69.8 Å². The molecule has 216 valence electrons. The summed E-state index contributed by atoms with van der Waals surface area (Å²) in [6, 6.07) is 11.0. The summed E-state index contributed by atoms with van der Waals surface area (Å²) in [5.74, 6) is -1.04. The first-order chi connectivity index (χ1) is 19.1. The van der Waals surface area contributed by atoms with Gasteiger partial charge in [0.05, 0.1) is 11.1 Å². The van der Waals surface area contributed by atoms with Gasteiger partial charge in [0.1, 0.15) is 24.4 Å². The van der Waals surface area contributed by atoms with Crippen LogP contribution in [0.3, 0.4) is 0 Å². The van der Waals surface area contributed by atoms with Crippen LogP contribution in [0.1, 0.15) is 94.3 Å². The standard InChI is InChI=1S/C31H38O9/c1-19-13-20(2)16-23(15-19)29(32)39-37-27-9-5-25(6-10-27)35-31(34)36-26-7-11-28(12-8-26)38-40-30(33)24-17-21(3)14-22(4)18-24/h13-18,25-28H,5-12H2,1-4H3. The van der Waals surface area contributed by atoms with Gasteiger partial charge in [-0.3, -0.25) is 9.78 Å². The van der Waals surface area contributed by atoms with Crippen LogP contribution in [0.5, 0.6) is 0 Å². The fraction of sp³-hybridized carbons (Fsp3) is 0.516. The molecule has 9 heteroatoms. The minimum absolute atomic E-state index is 0.245. The second-order valence-electron chi connectivity index (χ2n) is 11.0. The van der Waals surface area contributed by atoms with E-state index in [0.29, 0.717) is 62.5 Å². The largest absolute Gasteiger partial charge is 0.508 e. The summed E-state index contributed by atoms with van der Waals surface area (Å²) in [7, 11) is 0. The highest BCUT2D eigenvalue weighted by atomic mass is 17.2. The van der Waals surface area contributed by atoms with Crippen molar-refractivity contribution in [2.24, 2.45) is 0 Å². The van der Waals surface area contributed by atoms with E-state index in [-0.39, 0.29) is 24.4 Å². The molecule has 0 aromatic heterocycles. The third-order valence-electron chi connectivity index (χ3n) is 7.20. The fourth-order valence-corrected chi connectivity index (χ4v) is 5.30. The molecule has 2 aliphatic carbocycles. The van der Waals surface area contributed by atoms with Gasteiger partial charge in [0, 0.05) is 0 Å². The molecule has 0 radical (unpaired) electrons. The lowest BCUT2D eigenvalue weighted by molar-refractivity contribution is -0.282. The van der Waals surface area contributed by atoms with E-state index in [9.17, 15) is 14.4 Å². The molecule has 2 aliphatic rings. The summed E-state index contributed by atoms with van der Waals surface area (Å²) in [6.45, 7) is 7.68. The molecule has 0 amide bonds. The lowest BCUT2D eigenvalue weighted by Crippen LogP contribution is -2.32. The van der Waals surface area contributed by atoms with Gasteiger partial charge in [-0.2, -0.15) is 9.78 Å². The van der Waals surface area contributed by atoms with Gasteiger partial charge in [-0.15, -0.1) is 0 Å². The number of carbonyl (C=O) groups is 3. The number of ether oxygens (including phenoxy) is 2. The molecule has 40 heavy (non-hydrogen) atoms. The molecular weight excluding hydrogens is 516 g/mol. The molecule has 2 aromatic rings. The van der Waals surface area contributed by atoms with Crippen LogP contribution >= 0.6 is 0 Å². The Kier molecular flexibility index (Phi) is 10.2. The van der Waals surface area contributed by atoms with Gasteiger partial charge in [-0.25, -0.2) is 14.4 Å². The summed E-state index contributed by atoms with van der Waals surface area (Å²) in [6.07, 6.45) is 3.04. The maximum atomic E-state index is 12.4. The Morgan fingerprint density at radius 1 is 0.500 bits per heavy atom. The van der Waals surface area contributed by atoms with Crippen LogP contribution in [0, 0.1) is 27.7 Å². The Labute approximate surface area is 234 Å². The summed E-state index contributed by atoms with van der Waals surface area (Å²) >= 11 is 0. The first-order valence-electron chi connectivity index (χ1n) is 13.9. The van der Waals surface area contributed by atoms with Gasteiger partial charge in [0.15, 0.2) is 0 Å². The molecule has 9 nitrogen and oxygen atoms in total. The Morgan fingerprint density at radius 3 is 1.12 bits per heavy atom. The first-order valence-corrected chi connectivity index (χ1v) is 13.9. The highest BCUT2D eigenvalue weighted by Crippen LogP contribution is 2.27. The van der Waals surface area contributed by atoms with Gasteiger partial charge >= 0.3 is 18.1 Å². The zero-order chi connectivity index (χ0) is 28.6. The Morgan fingerprint density at radius 2 is 0.800 bits per heavy atom. The van der Waals surface area contributed by atoms with Crippen LogP contribution < -0.4 is 0 Å². The van der Waals surface area contributed by atoms with Gasteiger partial charge < -0.3 is 9.47 Å². The van der Waals surface area contributed by atoms with E-state index in [2.05, 4.69) is 0 Å². The third-order valence-corrected chi connectivity index (χ3v) is 7.20. The van der Waals surface area contributed by atoms with Crippen LogP contribution in [0.15, 0.2) is 36.4 Å². The lowest BCUT2D eigenvalue weighted by Gasteiger charge is -2.29. The molecule has 0 saturated heterocycles. The van der Waals surface area contributed by atoms with Gasteiger partial charge in [0.2, 0.25) is 0 Å². The van der Waals surface area contributed by atoms with E-state index >= 15 is 0 Å². The molecule has 2 aromatic carbocycles. The second-order valence-corrected chi connectivity index (χ2v) is 11.0. The van der Waals surface area contributed by atoms with E-state index in [1.165, 1.54) is 0 Å². The topological polar surface area (TPSA) is 107 Å². The molecule has 0 N–H and O–H groups in total. The summed E-state index contributed by atoms with van der Waals surface area (Å²) < 4.78 is 11.0. The normalized spacial score (nSPS) is 22.7. The van der Waals surface area contributed by atoms with E-state index in [0.717, 1.165) is 22.3 Å². The molecular formula is C31H38O9. The predicted octanol–water partition coefficient (Wildman–Crippen LogP) is 6.57. The minimum Gasteiger partial charge on any atom is -0.431 e.